The first-order valence-corrected chi connectivity index (χ1v) is 5.80. The molecule has 1 N–H and O–H groups in total. The number of nitriles is 1. The summed E-state index contributed by atoms with van der Waals surface area (Å²) in [6.07, 6.45) is 3.16. The molecule has 0 aliphatic carbocycles. The van der Waals surface area contributed by atoms with E-state index in [1.807, 2.05) is 0 Å². The van der Waals surface area contributed by atoms with E-state index in [4.69, 9.17) is 10.00 Å². The van der Waals surface area contributed by atoms with E-state index in [9.17, 15) is 5.11 Å². The van der Waals surface area contributed by atoms with Crippen LogP contribution in [0.3, 0.4) is 0 Å². The van der Waals surface area contributed by atoms with Gasteiger partial charge in [0.05, 0.1) is 24.9 Å². The molecule has 0 saturated carbocycles. The summed E-state index contributed by atoms with van der Waals surface area (Å²) in [6, 6.07) is 10.7. The third-order valence-electron chi connectivity index (χ3n) is 3.06. The Balaban J connectivity index is 2.48. The van der Waals surface area contributed by atoms with E-state index in [0.29, 0.717) is 22.4 Å². The molecule has 0 aliphatic rings. The maximum Gasteiger partial charge on any atom is 0.137 e. The second-order valence-corrected chi connectivity index (χ2v) is 4.38. The normalized spacial score (nSPS) is 13.4. The van der Waals surface area contributed by atoms with Gasteiger partial charge in [-0.05, 0) is 30.7 Å². The molecule has 0 spiro atoms. The zero-order chi connectivity index (χ0) is 13.9. The number of methoxy groups -OCH3 is 1. The molecule has 1 aromatic heterocycles. The summed E-state index contributed by atoms with van der Waals surface area (Å²) in [5.41, 5.74) is 0.533. The van der Waals surface area contributed by atoms with Crippen molar-refractivity contribution in [3.8, 4) is 11.8 Å². The molecule has 0 saturated heterocycles. The predicted molar refractivity (Wildman–Crippen MR) is 70.6 cm³/mol. The Labute approximate surface area is 111 Å². The molecule has 4 heteroatoms. The molecule has 0 bridgehead atoms. The summed E-state index contributed by atoms with van der Waals surface area (Å²) in [5, 5.41) is 19.6. The van der Waals surface area contributed by atoms with E-state index in [1.54, 1.807) is 56.8 Å². The molecule has 19 heavy (non-hydrogen) atoms. The van der Waals surface area contributed by atoms with Crippen LogP contribution in [0.2, 0.25) is 0 Å². The lowest BCUT2D eigenvalue weighted by molar-refractivity contribution is 0.101. The number of ether oxygens (including phenoxy) is 1. The van der Waals surface area contributed by atoms with Crippen LogP contribution in [-0.2, 0) is 5.60 Å². The summed E-state index contributed by atoms with van der Waals surface area (Å²) in [4.78, 5) is 4.04. The Morgan fingerprint density at radius 2 is 2.05 bits per heavy atom. The maximum absolute atomic E-state index is 10.7. The number of nitrogens with zero attached hydrogens (tertiary/aromatic N) is 2. The van der Waals surface area contributed by atoms with Gasteiger partial charge in [0.25, 0.3) is 0 Å². The average molecular weight is 254 g/mol. The number of aliphatic hydroxyl groups is 1. The first-order valence-electron chi connectivity index (χ1n) is 5.80. The smallest absolute Gasteiger partial charge is 0.137 e. The van der Waals surface area contributed by atoms with E-state index in [0.717, 1.165) is 0 Å². The highest BCUT2D eigenvalue weighted by Gasteiger charge is 2.26. The largest absolute Gasteiger partial charge is 0.495 e. The molecule has 4 nitrogen and oxygen atoms in total. The first-order chi connectivity index (χ1) is 9.07. The highest BCUT2D eigenvalue weighted by atomic mass is 16.5. The van der Waals surface area contributed by atoms with Gasteiger partial charge in [-0.3, -0.25) is 4.98 Å². The monoisotopic (exact) mass is 254 g/mol. The fourth-order valence-corrected chi connectivity index (χ4v) is 1.85. The zero-order valence-electron chi connectivity index (χ0n) is 10.8. The lowest BCUT2D eigenvalue weighted by atomic mass is 9.88. The number of hydrogen-bond acceptors (Lipinski definition) is 4. The van der Waals surface area contributed by atoms with Crippen molar-refractivity contribution in [1.82, 2.24) is 4.98 Å². The molecule has 0 fully saturated rings. The molecule has 0 amide bonds. The summed E-state index contributed by atoms with van der Waals surface area (Å²) < 4.78 is 5.10. The molecule has 96 valence electrons. The molecule has 0 radical (unpaired) electrons. The zero-order valence-corrected chi connectivity index (χ0v) is 10.8. The van der Waals surface area contributed by atoms with Crippen molar-refractivity contribution in [3.63, 3.8) is 0 Å². The van der Waals surface area contributed by atoms with Crippen LogP contribution in [0.15, 0.2) is 42.7 Å². The second-order valence-electron chi connectivity index (χ2n) is 4.38. The van der Waals surface area contributed by atoms with Crippen molar-refractivity contribution in [1.29, 1.82) is 5.26 Å². The Morgan fingerprint density at radius 1 is 1.26 bits per heavy atom. The Kier molecular flexibility index (Phi) is 3.50. The quantitative estimate of drug-likeness (QED) is 0.912. The molecular formula is C15H14N2O2. The first kappa shape index (κ1) is 13.1. The fourth-order valence-electron chi connectivity index (χ4n) is 1.85. The van der Waals surface area contributed by atoms with Gasteiger partial charge in [-0.2, -0.15) is 5.26 Å². The van der Waals surface area contributed by atoms with Crippen LogP contribution in [0, 0.1) is 11.3 Å². The molecule has 1 atom stereocenters. The van der Waals surface area contributed by atoms with Gasteiger partial charge in [0.2, 0.25) is 0 Å². The van der Waals surface area contributed by atoms with Gasteiger partial charge in [0.15, 0.2) is 0 Å². The fraction of sp³-hybridized carbons (Fsp3) is 0.200. The Morgan fingerprint density at radius 3 is 2.74 bits per heavy atom. The maximum atomic E-state index is 10.7. The Hall–Kier alpha value is -2.38. The van der Waals surface area contributed by atoms with Gasteiger partial charge in [-0.1, -0.05) is 12.1 Å². The van der Waals surface area contributed by atoms with E-state index in [1.165, 1.54) is 0 Å². The van der Waals surface area contributed by atoms with Gasteiger partial charge in [0, 0.05) is 11.8 Å². The molecule has 1 aromatic carbocycles. The minimum Gasteiger partial charge on any atom is -0.495 e. The van der Waals surface area contributed by atoms with Crippen molar-refractivity contribution in [2.45, 2.75) is 12.5 Å². The van der Waals surface area contributed by atoms with Crippen LogP contribution < -0.4 is 4.74 Å². The minimum absolute atomic E-state index is 0.508. The van der Waals surface area contributed by atoms with E-state index in [2.05, 4.69) is 11.1 Å². The van der Waals surface area contributed by atoms with Crippen molar-refractivity contribution in [2.24, 2.45) is 0 Å². The molecule has 0 aliphatic heterocycles. The van der Waals surface area contributed by atoms with Crippen LogP contribution in [0.4, 0.5) is 0 Å². The average Bonchev–Trinajstić information content (AvgIpc) is 2.47. The third-order valence-corrected chi connectivity index (χ3v) is 3.06. The van der Waals surface area contributed by atoms with Crippen LogP contribution >= 0.6 is 0 Å². The summed E-state index contributed by atoms with van der Waals surface area (Å²) in [5.74, 6) is 0.578. The van der Waals surface area contributed by atoms with E-state index >= 15 is 0 Å². The van der Waals surface area contributed by atoms with Crippen LogP contribution in [-0.4, -0.2) is 17.2 Å². The number of benzene rings is 1. The van der Waals surface area contributed by atoms with Crippen LogP contribution in [0.5, 0.6) is 5.75 Å². The summed E-state index contributed by atoms with van der Waals surface area (Å²) >= 11 is 0. The summed E-state index contributed by atoms with van der Waals surface area (Å²) in [7, 11) is 1.55. The van der Waals surface area contributed by atoms with Crippen molar-refractivity contribution >= 4 is 0 Å². The summed E-state index contributed by atoms with van der Waals surface area (Å²) in [6.45, 7) is 1.67. The predicted octanol–water partition coefficient (Wildman–Crippen LogP) is 2.22. The van der Waals surface area contributed by atoms with Gasteiger partial charge in [0.1, 0.15) is 11.4 Å². The second kappa shape index (κ2) is 5.09. The van der Waals surface area contributed by atoms with Gasteiger partial charge < -0.3 is 9.84 Å². The Bertz CT molecular complexity index is 630. The third kappa shape index (κ3) is 2.56. The van der Waals surface area contributed by atoms with E-state index < -0.39 is 5.60 Å². The lowest BCUT2D eigenvalue weighted by Gasteiger charge is -2.24. The topological polar surface area (TPSA) is 66.1 Å². The van der Waals surface area contributed by atoms with Crippen molar-refractivity contribution in [3.05, 3.63) is 59.4 Å². The standard InChI is InChI=1S/C15H14N2O2/c1-15(18,12-5-3-4-11(6-12)8-16)13-7-14(19-2)10-17-9-13/h3-7,9-10,18H,1-2H3. The highest BCUT2D eigenvalue weighted by Crippen LogP contribution is 2.30. The van der Waals surface area contributed by atoms with E-state index in [-0.39, 0.29) is 0 Å². The number of aromatic nitrogens is 1. The van der Waals surface area contributed by atoms with Gasteiger partial charge in [-0.15, -0.1) is 0 Å². The van der Waals surface area contributed by atoms with Crippen LogP contribution in [0.25, 0.3) is 0 Å². The van der Waals surface area contributed by atoms with Gasteiger partial charge in [-0.25, -0.2) is 0 Å². The molecule has 1 unspecified atom stereocenters. The molecule has 1 heterocycles. The van der Waals surface area contributed by atoms with Gasteiger partial charge >= 0.3 is 0 Å². The molecule has 2 rings (SSSR count). The number of hydrogen-bond donors (Lipinski definition) is 1. The minimum atomic E-state index is -1.23. The highest BCUT2D eigenvalue weighted by molar-refractivity contribution is 5.41. The van der Waals surface area contributed by atoms with Crippen molar-refractivity contribution < 1.29 is 9.84 Å². The lowest BCUT2D eigenvalue weighted by Crippen LogP contribution is -2.23. The van der Waals surface area contributed by atoms with Crippen LogP contribution in [0.1, 0.15) is 23.6 Å². The SMILES string of the molecule is COc1cncc(C(C)(O)c2cccc(C#N)c2)c1. The molecular weight excluding hydrogens is 240 g/mol. The number of rotatable bonds is 3. The van der Waals surface area contributed by atoms with Crippen molar-refractivity contribution in [2.75, 3.05) is 7.11 Å². The molecule has 2 aromatic rings. The number of pyridine rings is 1.